The van der Waals surface area contributed by atoms with Crippen LogP contribution in [-0.4, -0.2) is 55.3 Å². The van der Waals surface area contributed by atoms with E-state index in [2.05, 4.69) is 14.9 Å². The molecule has 9 heteroatoms. The number of aromatic amines is 1. The maximum atomic E-state index is 12.3. The number of ether oxygens (including phenoxy) is 1. The minimum atomic E-state index is -3.50. The fourth-order valence-corrected chi connectivity index (χ4v) is 4.11. The molecule has 0 aromatic carbocycles. The molecule has 0 spiro atoms. The second-order valence-corrected chi connectivity index (χ2v) is 6.98. The van der Waals surface area contributed by atoms with Crippen molar-refractivity contribution in [2.75, 3.05) is 26.3 Å². The van der Waals surface area contributed by atoms with E-state index >= 15 is 0 Å². The monoisotopic (exact) mass is 314 g/mol. The first kappa shape index (κ1) is 14.6. The molecule has 2 N–H and O–H groups in total. The third-order valence-corrected chi connectivity index (χ3v) is 5.47. The Morgan fingerprint density at radius 2 is 2.14 bits per heavy atom. The highest BCUT2D eigenvalue weighted by Gasteiger charge is 2.29. The first-order chi connectivity index (χ1) is 10.0. The van der Waals surface area contributed by atoms with Gasteiger partial charge >= 0.3 is 0 Å². The number of nitrogens with zero attached hydrogens (tertiary/aromatic N) is 2. The van der Waals surface area contributed by atoms with Gasteiger partial charge in [-0.25, -0.2) is 5.10 Å². The standard InChI is InChI=1S/C12H18N4O4S/c17-12-8-9-7-10(1-2-11(9)13-14-12)15-21(18,19)16-3-5-20-6-4-16/h8,10,15H,1-7H2,(H,14,17). The molecule has 1 aliphatic heterocycles. The zero-order valence-corrected chi connectivity index (χ0v) is 12.4. The smallest absolute Gasteiger partial charge is 0.279 e. The van der Waals surface area contributed by atoms with Crippen LogP contribution in [0, 0.1) is 0 Å². The summed E-state index contributed by atoms with van der Waals surface area (Å²) in [6.45, 7) is 1.60. The Bertz CT molecular complexity index is 666. The molecule has 1 unspecified atom stereocenters. The second-order valence-electron chi connectivity index (χ2n) is 5.28. The molecule has 1 aromatic rings. The lowest BCUT2D eigenvalue weighted by Gasteiger charge is -2.30. The van der Waals surface area contributed by atoms with E-state index in [1.807, 2.05) is 0 Å². The van der Waals surface area contributed by atoms with E-state index in [0.717, 1.165) is 11.3 Å². The number of hydrogen-bond acceptors (Lipinski definition) is 5. The Labute approximate surface area is 122 Å². The van der Waals surface area contributed by atoms with Crippen LogP contribution in [0.4, 0.5) is 0 Å². The number of morpholine rings is 1. The van der Waals surface area contributed by atoms with E-state index in [1.165, 1.54) is 10.4 Å². The number of aromatic nitrogens is 2. The highest BCUT2D eigenvalue weighted by atomic mass is 32.2. The fraction of sp³-hybridized carbons (Fsp3) is 0.667. The number of aryl methyl sites for hydroxylation is 1. The Morgan fingerprint density at radius 1 is 1.38 bits per heavy atom. The maximum Gasteiger partial charge on any atom is 0.279 e. The molecule has 21 heavy (non-hydrogen) atoms. The van der Waals surface area contributed by atoms with E-state index < -0.39 is 10.2 Å². The van der Waals surface area contributed by atoms with Crippen LogP contribution in [0.2, 0.25) is 0 Å². The summed E-state index contributed by atoms with van der Waals surface area (Å²) in [5.41, 5.74) is 1.40. The van der Waals surface area contributed by atoms with Gasteiger partial charge in [0.25, 0.3) is 15.8 Å². The second kappa shape index (κ2) is 5.84. The van der Waals surface area contributed by atoms with Gasteiger partial charge in [-0.15, -0.1) is 0 Å². The van der Waals surface area contributed by atoms with Crippen LogP contribution in [0.1, 0.15) is 17.7 Å². The molecule has 2 aliphatic rings. The Morgan fingerprint density at radius 3 is 2.90 bits per heavy atom. The summed E-state index contributed by atoms with van der Waals surface area (Å²) in [7, 11) is -3.50. The molecular weight excluding hydrogens is 296 g/mol. The van der Waals surface area contributed by atoms with Crippen LogP contribution in [0.25, 0.3) is 0 Å². The van der Waals surface area contributed by atoms with E-state index in [4.69, 9.17) is 4.74 Å². The van der Waals surface area contributed by atoms with Gasteiger partial charge in [-0.2, -0.15) is 22.5 Å². The normalized spacial score (nSPS) is 23.7. The van der Waals surface area contributed by atoms with Crippen molar-refractivity contribution in [2.24, 2.45) is 0 Å². The van der Waals surface area contributed by atoms with Crippen LogP contribution in [-0.2, 0) is 27.8 Å². The number of nitrogens with one attached hydrogen (secondary N) is 2. The summed E-state index contributed by atoms with van der Waals surface area (Å²) >= 11 is 0. The average molecular weight is 314 g/mol. The van der Waals surface area contributed by atoms with Gasteiger partial charge in [0.15, 0.2) is 0 Å². The van der Waals surface area contributed by atoms with Gasteiger partial charge in [-0.1, -0.05) is 0 Å². The fourth-order valence-electron chi connectivity index (χ4n) is 2.71. The minimum absolute atomic E-state index is 0.200. The molecule has 1 aromatic heterocycles. The van der Waals surface area contributed by atoms with Crippen molar-refractivity contribution in [3.63, 3.8) is 0 Å². The molecule has 3 rings (SSSR count). The Hall–Kier alpha value is -1.29. The quantitative estimate of drug-likeness (QED) is 0.729. The van der Waals surface area contributed by atoms with E-state index in [-0.39, 0.29) is 11.6 Å². The third-order valence-electron chi connectivity index (χ3n) is 3.80. The van der Waals surface area contributed by atoms with E-state index in [9.17, 15) is 13.2 Å². The topological polar surface area (TPSA) is 104 Å². The summed E-state index contributed by atoms with van der Waals surface area (Å²) in [5, 5.41) is 6.41. The summed E-state index contributed by atoms with van der Waals surface area (Å²) in [4.78, 5) is 11.3. The Balaban J connectivity index is 1.70. The molecule has 2 heterocycles. The zero-order chi connectivity index (χ0) is 14.9. The van der Waals surface area contributed by atoms with Crippen molar-refractivity contribution in [1.29, 1.82) is 0 Å². The number of fused-ring (bicyclic) bond motifs is 1. The maximum absolute atomic E-state index is 12.3. The lowest BCUT2D eigenvalue weighted by atomic mass is 9.93. The molecule has 0 saturated carbocycles. The lowest BCUT2D eigenvalue weighted by molar-refractivity contribution is 0.0723. The van der Waals surface area contributed by atoms with Gasteiger partial charge in [-0.3, -0.25) is 4.79 Å². The molecule has 0 radical (unpaired) electrons. The predicted octanol–water partition coefficient (Wildman–Crippen LogP) is -1.21. The van der Waals surface area contributed by atoms with Crippen molar-refractivity contribution in [1.82, 2.24) is 19.2 Å². The number of hydrogen-bond donors (Lipinski definition) is 2. The molecule has 116 valence electrons. The van der Waals surface area contributed by atoms with Gasteiger partial charge < -0.3 is 4.74 Å². The van der Waals surface area contributed by atoms with Gasteiger partial charge in [0, 0.05) is 25.2 Å². The molecular formula is C12H18N4O4S. The van der Waals surface area contributed by atoms with E-state index in [0.29, 0.717) is 45.6 Å². The SMILES string of the molecule is O=c1cc2c(n[nH]1)CCC(NS(=O)(=O)N1CCOCC1)C2. The largest absolute Gasteiger partial charge is 0.379 e. The van der Waals surface area contributed by atoms with Gasteiger partial charge in [0.2, 0.25) is 0 Å². The van der Waals surface area contributed by atoms with Crippen LogP contribution < -0.4 is 10.3 Å². The molecule has 8 nitrogen and oxygen atoms in total. The first-order valence-corrected chi connectivity index (χ1v) is 8.41. The minimum Gasteiger partial charge on any atom is -0.379 e. The van der Waals surface area contributed by atoms with Gasteiger partial charge in [0.1, 0.15) is 0 Å². The zero-order valence-electron chi connectivity index (χ0n) is 11.5. The average Bonchev–Trinajstić information content (AvgIpc) is 2.47. The first-order valence-electron chi connectivity index (χ1n) is 6.97. The van der Waals surface area contributed by atoms with Crippen LogP contribution in [0.5, 0.6) is 0 Å². The molecule has 0 bridgehead atoms. The Kier molecular flexibility index (Phi) is 4.07. The number of H-pyrrole nitrogens is 1. The number of rotatable bonds is 3. The van der Waals surface area contributed by atoms with Crippen molar-refractivity contribution in [3.05, 3.63) is 27.7 Å². The van der Waals surface area contributed by atoms with Crippen LogP contribution in [0.15, 0.2) is 10.9 Å². The van der Waals surface area contributed by atoms with Gasteiger partial charge in [-0.05, 0) is 24.8 Å². The molecule has 1 aliphatic carbocycles. The highest BCUT2D eigenvalue weighted by Crippen LogP contribution is 2.18. The van der Waals surface area contributed by atoms with Crippen molar-refractivity contribution >= 4 is 10.2 Å². The van der Waals surface area contributed by atoms with Gasteiger partial charge in [0.05, 0.1) is 18.9 Å². The van der Waals surface area contributed by atoms with Crippen molar-refractivity contribution in [3.8, 4) is 0 Å². The van der Waals surface area contributed by atoms with Crippen LogP contribution in [0.3, 0.4) is 0 Å². The molecule has 0 amide bonds. The third kappa shape index (κ3) is 3.31. The summed E-state index contributed by atoms with van der Waals surface area (Å²) in [5.74, 6) is 0. The molecule has 1 fully saturated rings. The summed E-state index contributed by atoms with van der Waals surface area (Å²) < 4.78 is 33.9. The summed E-state index contributed by atoms with van der Waals surface area (Å²) in [6.07, 6.45) is 1.83. The molecule has 1 atom stereocenters. The van der Waals surface area contributed by atoms with Crippen molar-refractivity contribution < 1.29 is 13.2 Å². The predicted molar refractivity (Wildman–Crippen MR) is 75.1 cm³/mol. The lowest BCUT2D eigenvalue weighted by Crippen LogP contribution is -2.50. The highest BCUT2D eigenvalue weighted by molar-refractivity contribution is 7.87. The van der Waals surface area contributed by atoms with E-state index in [1.54, 1.807) is 0 Å². The summed E-state index contributed by atoms with van der Waals surface area (Å²) in [6, 6.07) is 1.30. The van der Waals surface area contributed by atoms with Crippen molar-refractivity contribution in [2.45, 2.75) is 25.3 Å². The molecule has 1 saturated heterocycles. The van der Waals surface area contributed by atoms with Crippen LogP contribution >= 0.6 is 0 Å².